The van der Waals surface area contributed by atoms with Gasteiger partial charge in [-0.2, -0.15) is 0 Å². The molecule has 25 heavy (non-hydrogen) atoms. The summed E-state index contributed by atoms with van der Waals surface area (Å²) >= 11 is 5.83. The first-order valence-electron chi connectivity index (χ1n) is 8.19. The van der Waals surface area contributed by atoms with E-state index in [1.165, 1.54) is 0 Å². The van der Waals surface area contributed by atoms with Gasteiger partial charge in [-0.15, -0.1) is 0 Å². The van der Waals surface area contributed by atoms with Gasteiger partial charge in [-0.25, -0.2) is 0 Å². The molecule has 2 aromatic rings. The molecule has 1 N–H and O–H groups in total. The lowest BCUT2D eigenvalue weighted by Crippen LogP contribution is -2.38. The minimum absolute atomic E-state index is 0.0540. The summed E-state index contributed by atoms with van der Waals surface area (Å²) in [6, 6.07) is 13.6. The summed E-state index contributed by atoms with van der Waals surface area (Å²) in [5, 5.41) is 3.46. The third-order valence-electron chi connectivity index (χ3n) is 3.98. The van der Waals surface area contributed by atoms with Gasteiger partial charge in [0.2, 0.25) is 0 Å². The van der Waals surface area contributed by atoms with Crippen LogP contribution in [0.15, 0.2) is 48.5 Å². The van der Waals surface area contributed by atoms with Crippen molar-refractivity contribution in [3.63, 3.8) is 0 Å². The minimum Gasteiger partial charge on any atom is -0.484 e. The number of rotatable bonds is 7. The molecule has 0 saturated heterocycles. The smallest absolute Gasteiger partial charge is 0.258 e. The number of halogens is 1. The fourth-order valence-corrected chi connectivity index (χ4v) is 2.21. The highest BCUT2D eigenvalue weighted by Crippen LogP contribution is 2.17. The molecule has 1 atom stereocenters. The van der Waals surface area contributed by atoms with E-state index in [4.69, 9.17) is 16.3 Å². The van der Waals surface area contributed by atoms with Gasteiger partial charge in [-0.3, -0.25) is 9.59 Å². The van der Waals surface area contributed by atoms with Crippen molar-refractivity contribution in [3.8, 4) is 5.75 Å². The first-order valence-corrected chi connectivity index (χ1v) is 8.57. The van der Waals surface area contributed by atoms with Crippen molar-refractivity contribution in [1.29, 1.82) is 0 Å². The Hall–Kier alpha value is -2.33. The molecule has 0 bridgehead atoms. The molecule has 5 heteroatoms. The maximum Gasteiger partial charge on any atom is 0.258 e. The molecular formula is C20H22ClNO3. The van der Waals surface area contributed by atoms with E-state index in [9.17, 15) is 9.59 Å². The molecule has 0 aromatic heterocycles. The Balaban J connectivity index is 1.92. The zero-order chi connectivity index (χ0) is 18.4. The number of hydrogen-bond donors (Lipinski definition) is 1. The Bertz CT molecular complexity index is 724. The van der Waals surface area contributed by atoms with Crippen molar-refractivity contribution < 1.29 is 14.3 Å². The Morgan fingerprint density at radius 1 is 0.960 bits per heavy atom. The Labute approximate surface area is 153 Å². The molecule has 0 fully saturated rings. The van der Waals surface area contributed by atoms with Crippen molar-refractivity contribution in [2.24, 2.45) is 5.92 Å². The Kier molecular flexibility index (Phi) is 6.59. The van der Waals surface area contributed by atoms with Crippen molar-refractivity contribution in [3.05, 3.63) is 64.7 Å². The second-order valence-electron chi connectivity index (χ2n) is 6.25. The number of nitrogens with one attached hydrogen (secondary N) is 1. The topological polar surface area (TPSA) is 55.4 Å². The van der Waals surface area contributed by atoms with E-state index in [0.29, 0.717) is 27.8 Å². The molecular weight excluding hydrogens is 338 g/mol. The summed E-state index contributed by atoms with van der Waals surface area (Å²) in [7, 11) is 0. The zero-order valence-corrected chi connectivity index (χ0v) is 15.3. The van der Waals surface area contributed by atoms with Crippen LogP contribution in [-0.4, -0.2) is 24.3 Å². The van der Waals surface area contributed by atoms with E-state index >= 15 is 0 Å². The van der Waals surface area contributed by atoms with Crippen LogP contribution >= 0.6 is 11.6 Å². The first kappa shape index (κ1) is 19.0. The summed E-state index contributed by atoms with van der Waals surface area (Å²) < 4.78 is 5.46. The molecule has 0 spiro atoms. The fraction of sp³-hybridized carbons (Fsp3) is 0.300. The average molecular weight is 360 g/mol. The molecule has 1 amide bonds. The van der Waals surface area contributed by atoms with E-state index < -0.39 is 0 Å². The van der Waals surface area contributed by atoms with Crippen molar-refractivity contribution >= 4 is 23.3 Å². The summed E-state index contributed by atoms with van der Waals surface area (Å²) in [5.41, 5.74) is 1.12. The minimum atomic E-state index is -0.164. The maximum absolute atomic E-state index is 12.4. The van der Waals surface area contributed by atoms with Gasteiger partial charge in [0.15, 0.2) is 12.4 Å². The second-order valence-corrected chi connectivity index (χ2v) is 6.69. The maximum atomic E-state index is 12.4. The molecule has 0 aliphatic rings. The van der Waals surface area contributed by atoms with E-state index in [0.717, 1.165) is 0 Å². The summed E-state index contributed by atoms with van der Waals surface area (Å²) in [6.45, 7) is 5.99. The number of hydrogen-bond acceptors (Lipinski definition) is 3. The SMILES string of the molecule is CC(C)C(C)NC(=O)COc1ccc(C(=O)c2ccc(Cl)cc2)cc1. The normalized spacial score (nSPS) is 11.9. The quantitative estimate of drug-likeness (QED) is 0.757. The van der Waals surface area contributed by atoms with Crippen molar-refractivity contribution in [2.45, 2.75) is 26.8 Å². The number of ether oxygens (including phenoxy) is 1. The highest BCUT2D eigenvalue weighted by molar-refractivity contribution is 6.30. The van der Waals surface area contributed by atoms with Crippen LogP contribution in [0, 0.1) is 5.92 Å². The van der Waals surface area contributed by atoms with Gasteiger partial charge in [0.05, 0.1) is 0 Å². The highest BCUT2D eigenvalue weighted by atomic mass is 35.5. The third-order valence-corrected chi connectivity index (χ3v) is 4.23. The van der Waals surface area contributed by atoms with Crippen LogP contribution in [0.25, 0.3) is 0 Å². The summed E-state index contributed by atoms with van der Waals surface area (Å²) in [4.78, 5) is 24.2. The van der Waals surface area contributed by atoms with Crippen LogP contribution in [0.1, 0.15) is 36.7 Å². The van der Waals surface area contributed by atoms with Gasteiger partial charge >= 0.3 is 0 Å². The molecule has 132 valence electrons. The zero-order valence-electron chi connectivity index (χ0n) is 14.6. The van der Waals surface area contributed by atoms with E-state index in [-0.39, 0.29) is 24.3 Å². The Morgan fingerprint density at radius 3 is 2.00 bits per heavy atom. The molecule has 0 heterocycles. The van der Waals surface area contributed by atoms with Crippen molar-refractivity contribution in [1.82, 2.24) is 5.32 Å². The van der Waals surface area contributed by atoms with Gasteiger partial charge in [-0.05, 0) is 61.4 Å². The Morgan fingerprint density at radius 2 is 1.48 bits per heavy atom. The van der Waals surface area contributed by atoms with E-state index in [1.807, 2.05) is 20.8 Å². The molecule has 0 aliphatic carbocycles. The largest absolute Gasteiger partial charge is 0.484 e. The monoisotopic (exact) mass is 359 g/mol. The molecule has 2 rings (SSSR count). The second kappa shape index (κ2) is 8.67. The first-order chi connectivity index (χ1) is 11.9. The summed E-state index contributed by atoms with van der Waals surface area (Å²) in [6.07, 6.45) is 0. The van der Waals surface area contributed by atoms with Crippen LogP contribution < -0.4 is 10.1 Å². The van der Waals surface area contributed by atoms with Gasteiger partial charge in [0, 0.05) is 22.2 Å². The van der Waals surface area contributed by atoms with Gasteiger partial charge in [0.1, 0.15) is 5.75 Å². The van der Waals surface area contributed by atoms with Crippen LogP contribution in [0.4, 0.5) is 0 Å². The van der Waals surface area contributed by atoms with Crippen LogP contribution in [-0.2, 0) is 4.79 Å². The third kappa shape index (κ3) is 5.61. The van der Waals surface area contributed by atoms with Gasteiger partial charge < -0.3 is 10.1 Å². The van der Waals surface area contributed by atoms with Gasteiger partial charge in [0.25, 0.3) is 5.91 Å². The molecule has 1 unspecified atom stereocenters. The highest BCUT2D eigenvalue weighted by Gasteiger charge is 2.12. The number of ketones is 1. The average Bonchev–Trinajstić information content (AvgIpc) is 2.60. The standard InChI is InChI=1S/C20H22ClNO3/c1-13(2)14(3)22-19(23)12-25-18-10-6-16(7-11-18)20(24)15-4-8-17(21)9-5-15/h4-11,13-14H,12H2,1-3H3,(H,22,23). The number of benzene rings is 2. The molecule has 4 nitrogen and oxygen atoms in total. The van der Waals surface area contributed by atoms with Crippen LogP contribution in [0.5, 0.6) is 5.75 Å². The predicted molar refractivity (Wildman–Crippen MR) is 99.3 cm³/mol. The molecule has 0 saturated carbocycles. The lowest BCUT2D eigenvalue weighted by Gasteiger charge is -2.17. The van der Waals surface area contributed by atoms with Gasteiger partial charge in [-0.1, -0.05) is 25.4 Å². The van der Waals surface area contributed by atoms with E-state index in [2.05, 4.69) is 5.32 Å². The number of carbonyl (C=O) groups excluding carboxylic acids is 2. The lowest BCUT2D eigenvalue weighted by molar-refractivity contribution is -0.124. The predicted octanol–water partition coefficient (Wildman–Crippen LogP) is 4.11. The summed E-state index contributed by atoms with van der Waals surface area (Å²) in [5.74, 6) is 0.649. The molecule has 0 aliphatic heterocycles. The number of carbonyl (C=O) groups is 2. The molecule has 0 radical (unpaired) electrons. The van der Waals surface area contributed by atoms with Crippen molar-refractivity contribution in [2.75, 3.05) is 6.61 Å². The van der Waals surface area contributed by atoms with Crippen LogP contribution in [0.2, 0.25) is 5.02 Å². The fourth-order valence-electron chi connectivity index (χ4n) is 2.08. The molecule has 2 aromatic carbocycles. The van der Waals surface area contributed by atoms with E-state index in [1.54, 1.807) is 48.5 Å². The number of amides is 1. The lowest BCUT2D eigenvalue weighted by atomic mass is 10.0. The van der Waals surface area contributed by atoms with Crippen LogP contribution in [0.3, 0.4) is 0 Å².